The number of phenolic OH excluding ortho intramolecular Hbond substituents is 1. The number of carbonyl (C=O) groups is 2. The summed E-state index contributed by atoms with van der Waals surface area (Å²) >= 11 is 13.4. The predicted octanol–water partition coefficient (Wildman–Crippen LogP) is 5.95. The maximum atomic E-state index is 13.2. The number of halogens is 4. The van der Waals surface area contributed by atoms with Crippen molar-refractivity contribution in [3.63, 3.8) is 0 Å². The zero-order valence-electron chi connectivity index (χ0n) is 14.1. The minimum absolute atomic E-state index is 0.0872. The third-order valence-electron chi connectivity index (χ3n) is 3.90. The predicted molar refractivity (Wildman–Crippen MR) is 113 cm³/mol. The summed E-state index contributed by atoms with van der Waals surface area (Å²) in [4.78, 5) is 26.2. The topological polar surface area (TPSA) is 66.8 Å². The van der Waals surface area contributed by atoms with Crippen molar-refractivity contribution in [1.82, 2.24) is 4.90 Å². The summed E-state index contributed by atoms with van der Waals surface area (Å²) < 4.78 is 19.4. The Labute approximate surface area is 185 Å². The lowest BCUT2D eigenvalue weighted by Crippen LogP contribution is -2.27. The number of benzene rings is 2. The second-order valence-electron chi connectivity index (χ2n) is 5.64. The van der Waals surface area contributed by atoms with Crippen molar-refractivity contribution in [2.24, 2.45) is 0 Å². The van der Waals surface area contributed by atoms with Crippen LogP contribution in [0.15, 0.2) is 38.1 Å². The van der Waals surface area contributed by atoms with E-state index in [1.807, 2.05) is 0 Å². The van der Waals surface area contributed by atoms with Crippen LogP contribution in [0, 0.1) is 5.82 Å². The molecule has 0 bridgehead atoms. The van der Waals surface area contributed by atoms with Gasteiger partial charge in [-0.2, -0.15) is 0 Å². The highest BCUT2D eigenvalue weighted by Crippen LogP contribution is 2.43. The van der Waals surface area contributed by atoms with Crippen LogP contribution in [0.25, 0.3) is 6.08 Å². The van der Waals surface area contributed by atoms with E-state index in [2.05, 4.69) is 31.9 Å². The number of methoxy groups -OCH3 is 1. The minimum atomic E-state index is -0.541. The Morgan fingerprint density at radius 3 is 2.68 bits per heavy atom. The molecule has 0 aliphatic carbocycles. The van der Waals surface area contributed by atoms with Crippen molar-refractivity contribution in [3.8, 4) is 11.5 Å². The molecule has 0 atom stereocenters. The molecule has 2 amide bonds. The Hall–Kier alpha value is -1.55. The van der Waals surface area contributed by atoms with Crippen LogP contribution in [-0.2, 0) is 11.3 Å². The number of phenols is 1. The molecule has 0 aromatic heterocycles. The molecule has 0 saturated carbocycles. The Balaban J connectivity index is 1.95. The number of ether oxygens (including phenoxy) is 1. The van der Waals surface area contributed by atoms with Gasteiger partial charge in [0.05, 0.1) is 18.6 Å². The Kier molecular flexibility index (Phi) is 6.38. The van der Waals surface area contributed by atoms with E-state index in [0.29, 0.717) is 14.5 Å². The Bertz CT molecular complexity index is 1030. The van der Waals surface area contributed by atoms with Crippen molar-refractivity contribution in [2.75, 3.05) is 7.11 Å². The molecule has 5 nitrogen and oxygen atoms in total. The smallest absolute Gasteiger partial charge is 0.293 e. The number of imide groups is 1. The number of amides is 2. The Morgan fingerprint density at radius 1 is 1.32 bits per heavy atom. The quantitative estimate of drug-likeness (QED) is 0.476. The molecule has 10 heteroatoms. The molecule has 2 aromatic rings. The van der Waals surface area contributed by atoms with Gasteiger partial charge < -0.3 is 9.84 Å². The highest BCUT2D eigenvalue weighted by Gasteiger charge is 2.36. The monoisotopic (exact) mass is 549 g/mol. The van der Waals surface area contributed by atoms with Crippen molar-refractivity contribution in [1.29, 1.82) is 0 Å². The van der Waals surface area contributed by atoms with E-state index in [0.717, 1.165) is 22.7 Å². The summed E-state index contributed by atoms with van der Waals surface area (Å²) in [5.74, 6) is -1.02. The average molecular weight is 552 g/mol. The molecule has 146 valence electrons. The third-order valence-corrected chi connectivity index (χ3v) is 7.18. The fourth-order valence-corrected chi connectivity index (χ4v) is 4.37. The summed E-state index contributed by atoms with van der Waals surface area (Å²) in [5.41, 5.74) is 0.733. The van der Waals surface area contributed by atoms with Gasteiger partial charge in [-0.15, -0.1) is 0 Å². The van der Waals surface area contributed by atoms with Crippen LogP contribution in [0.4, 0.5) is 9.18 Å². The fourth-order valence-electron chi connectivity index (χ4n) is 2.49. The standard InChI is InChI=1S/C18H11Br2ClFNO4S/c1-27-13-6-11(19)15(20)10(16(13)24)5-14-17(25)23(18(26)28-14)7-8-2-3-9(22)4-12(8)21/h2-6,24H,7H2,1H3/b14-5-. The second-order valence-corrected chi connectivity index (χ2v) is 8.69. The van der Waals surface area contributed by atoms with Crippen LogP contribution in [0.5, 0.6) is 11.5 Å². The molecule has 1 saturated heterocycles. The van der Waals surface area contributed by atoms with Crippen LogP contribution >= 0.6 is 55.2 Å². The van der Waals surface area contributed by atoms with E-state index < -0.39 is 17.0 Å². The summed E-state index contributed by atoms with van der Waals surface area (Å²) in [5, 5.41) is 10.0. The van der Waals surface area contributed by atoms with E-state index in [4.69, 9.17) is 16.3 Å². The molecule has 1 fully saturated rings. The molecule has 1 aliphatic heterocycles. The number of nitrogens with zero attached hydrogens (tertiary/aromatic N) is 1. The first-order valence-corrected chi connectivity index (χ1v) is 10.4. The molecule has 2 aromatic carbocycles. The summed E-state index contributed by atoms with van der Waals surface area (Å²) in [6, 6.07) is 5.32. The lowest BCUT2D eigenvalue weighted by atomic mass is 10.1. The van der Waals surface area contributed by atoms with Gasteiger partial charge in [0.2, 0.25) is 0 Å². The van der Waals surface area contributed by atoms with Gasteiger partial charge in [-0.3, -0.25) is 14.5 Å². The van der Waals surface area contributed by atoms with Gasteiger partial charge in [0.15, 0.2) is 11.5 Å². The van der Waals surface area contributed by atoms with Crippen LogP contribution < -0.4 is 4.74 Å². The highest BCUT2D eigenvalue weighted by molar-refractivity contribution is 9.13. The number of aromatic hydroxyl groups is 1. The van der Waals surface area contributed by atoms with Crippen LogP contribution in [0.3, 0.4) is 0 Å². The largest absolute Gasteiger partial charge is 0.504 e. The van der Waals surface area contributed by atoms with E-state index in [1.54, 1.807) is 6.07 Å². The number of rotatable bonds is 4. The molecule has 0 radical (unpaired) electrons. The van der Waals surface area contributed by atoms with E-state index >= 15 is 0 Å². The summed E-state index contributed by atoms with van der Waals surface area (Å²) in [6.45, 7) is -0.0872. The number of carbonyl (C=O) groups excluding carboxylic acids is 2. The lowest BCUT2D eigenvalue weighted by molar-refractivity contribution is -0.123. The molecule has 3 rings (SSSR count). The first-order chi connectivity index (χ1) is 13.2. The lowest BCUT2D eigenvalue weighted by Gasteiger charge is -2.14. The molecular formula is C18H11Br2ClFNO4S. The van der Waals surface area contributed by atoms with Crippen molar-refractivity contribution in [2.45, 2.75) is 6.54 Å². The van der Waals surface area contributed by atoms with Gasteiger partial charge in [-0.1, -0.05) is 17.7 Å². The molecule has 0 spiro atoms. The van der Waals surface area contributed by atoms with E-state index in [1.165, 1.54) is 25.3 Å². The molecule has 1 aliphatic rings. The van der Waals surface area contributed by atoms with Gasteiger partial charge in [-0.25, -0.2) is 4.39 Å². The van der Waals surface area contributed by atoms with Gasteiger partial charge >= 0.3 is 0 Å². The first-order valence-electron chi connectivity index (χ1n) is 7.67. The summed E-state index contributed by atoms with van der Waals surface area (Å²) in [7, 11) is 1.40. The van der Waals surface area contributed by atoms with Crippen LogP contribution in [0.2, 0.25) is 5.02 Å². The maximum absolute atomic E-state index is 13.2. The molecule has 1 N–H and O–H groups in total. The molecule has 28 heavy (non-hydrogen) atoms. The molecule has 0 unspecified atom stereocenters. The van der Waals surface area contributed by atoms with Crippen LogP contribution in [0.1, 0.15) is 11.1 Å². The SMILES string of the molecule is COc1cc(Br)c(Br)c(/C=C2\SC(=O)N(Cc3ccc(F)cc3Cl)C2=O)c1O. The Morgan fingerprint density at radius 2 is 2.04 bits per heavy atom. The maximum Gasteiger partial charge on any atom is 0.293 e. The number of hydrogen-bond donors (Lipinski definition) is 1. The van der Waals surface area contributed by atoms with Gasteiger partial charge in [0.1, 0.15) is 5.82 Å². The number of thioether (sulfide) groups is 1. The van der Waals surface area contributed by atoms with E-state index in [-0.39, 0.29) is 33.5 Å². The summed E-state index contributed by atoms with van der Waals surface area (Å²) in [6.07, 6.45) is 1.41. The van der Waals surface area contributed by atoms with Gasteiger partial charge in [0, 0.05) is 19.5 Å². The normalized spacial score (nSPS) is 15.6. The molecule has 1 heterocycles. The van der Waals surface area contributed by atoms with Crippen LogP contribution in [-0.4, -0.2) is 28.3 Å². The average Bonchev–Trinajstić information content (AvgIpc) is 2.91. The first kappa shape index (κ1) is 21.2. The highest BCUT2D eigenvalue weighted by atomic mass is 79.9. The van der Waals surface area contributed by atoms with Gasteiger partial charge in [-0.05, 0) is 73.5 Å². The second kappa shape index (κ2) is 8.44. The van der Waals surface area contributed by atoms with Gasteiger partial charge in [0.25, 0.3) is 11.1 Å². The van der Waals surface area contributed by atoms with E-state index in [9.17, 15) is 19.1 Å². The molecular weight excluding hydrogens is 541 g/mol. The third kappa shape index (κ3) is 4.07. The van der Waals surface area contributed by atoms with Crippen molar-refractivity contribution >= 4 is 72.4 Å². The van der Waals surface area contributed by atoms with Crippen molar-refractivity contribution < 1.29 is 23.8 Å². The zero-order chi connectivity index (χ0) is 20.6. The fraction of sp³-hybridized carbons (Fsp3) is 0.111. The van der Waals surface area contributed by atoms with Crippen molar-refractivity contribution in [3.05, 3.63) is 60.1 Å². The minimum Gasteiger partial charge on any atom is -0.504 e. The number of hydrogen-bond acceptors (Lipinski definition) is 5. The zero-order valence-corrected chi connectivity index (χ0v) is 18.9.